The molecule has 0 rings (SSSR count). The van der Waals surface area contributed by atoms with Crippen LogP contribution in [0.2, 0.25) is 0 Å². The van der Waals surface area contributed by atoms with Gasteiger partial charge in [-0.25, -0.2) is 0 Å². The maximum Gasteiger partial charge on any atom is 0.120 e. The number of unbranched alkanes of at least 4 members (excludes halogenated alkanes) is 1. The second-order valence-corrected chi connectivity index (χ2v) is 2.57. The van der Waals surface area contributed by atoms with Crippen LogP contribution in [0.1, 0.15) is 19.8 Å². The molecule has 0 atom stereocenters. The van der Waals surface area contributed by atoms with Gasteiger partial charge in [-0.05, 0) is 37.3 Å². The molecule has 0 aromatic carbocycles. The number of carbonyl (C=O) groups is 1. The SMILES string of the molecule is C/C=C/C#CC#C/C=C/C=C/CCC=O. The van der Waals surface area contributed by atoms with E-state index in [1.54, 1.807) is 12.2 Å². The van der Waals surface area contributed by atoms with Gasteiger partial charge in [0.25, 0.3) is 0 Å². The Hall–Kier alpha value is -1.99. The van der Waals surface area contributed by atoms with Crippen LogP contribution in [0.3, 0.4) is 0 Å². The van der Waals surface area contributed by atoms with E-state index in [9.17, 15) is 4.79 Å². The van der Waals surface area contributed by atoms with Crippen LogP contribution < -0.4 is 0 Å². The molecule has 1 nitrogen and oxygen atoms in total. The zero-order valence-corrected chi connectivity index (χ0v) is 8.86. The van der Waals surface area contributed by atoms with Crippen molar-refractivity contribution >= 4 is 6.29 Å². The Balaban J connectivity index is 3.75. The summed E-state index contributed by atoms with van der Waals surface area (Å²) < 4.78 is 0. The molecule has 0 N–H and O–H groups in total. The van der Waals surface area contributed by atoms with Gasteiger partial charge in [0.05, 0.1) is 0 Å². The van der Waals surface area contributed by atoms with Crippen LogP contribution in [-0.4, -0.2) is 6.29 Å². The lowest BCUT2D eigenvalue weighted by atomic mass is 10.3. The average Bonchev–Trinajstić information content (AvgIpc) is 2.26. The van der Waals surface area contributed by atoms with Crippen molar-refractivity contribution in [2.75, 3.05) is 0 Å². The Morgan fingerprint density at radius 2 is 1.73 bits per heavy atom. The molecule has 0 saturated carbocycles. The summed E-state index contributed by atoms with van der Waals surface area (Å²) in [5.74, 6) is 10.9. The van der Waals surface area contributed by atoms with Crippen molar-refractivity contribution in [2.24, 2.45) is 0 Å². The van der Waals surface area contributed by atoms with E-state index in [0.717, 1.165) is 12.7 Å². The maximum atomic E-state index is 9.97. The van der Waals surface area contributed by atoms with E-state index >= 15 is 0 Å². The van der Waals surface area contributed by atoms with E-state index in [0.29, 0.717) is 6.42 Å². The molecule has 0 saturated heterocycles. The van der Waals surface area contributed by atoms with E-state index in [2.05, 4.69) is 23.7 Å². The fourth-order valence-electron chi connectivity index (χ4n) is 0.682. The third-order valence-electron chi connectivity index (χ3n) is 1.33. The minimum Gasteiger partial charge on any atom is -0.303 e. The van der Waals surface area contributed by atoms with Crippen molar-refractivity contribution in [2.45, 2.75) is 19.8 Å². The molecule has 76 valence electrons. The zero-order chi connectivity index (χ0) is 11.2. The minimum absolute atomic E-state index is 0.574. The highest BCUT2D eigenvalue weighted by atomic mass is 16.1. The average molecular weight is 198 g/mol. The van der Waals surface area contributed by atoms with E-state index < -0.39 is 0 Å². The second kappa shape index (κ2) is 12.0. The van der Waals surface area contributed by atoms with Gasteiger partial charge in [-0.3, -0.25) is 0 Å². The molecule has 0 amide bonds. The van der Waals surface area contributed by atoms with Gasteiger partial charge in [0.15, 0.2) is 0 Å². The second-order valence-electron chi connectivity index (χ2n) is 2.57. The molecule has 1 heteroatoms. The van der Waals surface area contributed by atoms with Crippen LogP contribution in [0.15, 0.2) is 36.5 Å². The van der Waals surface area contributed by atoms with E-state index in [1.807, 2.05) is 31.2 Å². The highest BCUT2D eigenvalue weighted by molar-refractivity contribution is 5.49. The van der Waals surface area contributed by atoms with Crippen molar-refractivity contribution in [3.05, 3.63) is 36.5 Å². The molecule has 0 aliphatic carbocycles. The van der Waals surface area contributed by atoms with Gasteiger partial charge in [0, 0.05) is 6.42 Å². The Morgan fingerprint density at radius 1 is 1.00 bits per heavy atom. The molecule has 0 bridgehead atoms. The summed E-state index contributed by atoms with van der Waals surface area (Å²) in [6.07, 6.45) is 13.2. The predicted molar refractivity (Wildman–Crippen MR) is 63.9 cm³/mol. The normalized spacial score (nSPS) is 9.93. The van der Waals surface area contributed by atoms with E-state index in [4.69, 9.17) is 0 Å². The van der Waals surface area contributed by atoms with Crippen molar-refractivity contribution in [3.8, 4) is 23.7 Å². The standard InChI is InChI=1S/C14H14O/c1-2-3-4-5-6-7-8-9-10-11-12-13-14-15/h2-3,8-11,14H,12-13H2,1H3/b3-2+,9-8+,11-10+. The first kappa shape index (κ1) is 13.0. The fraction of sp³-hybridized carbons (Fsp3) is 0.214. The smallest absolute Gasteiger partial charge is 0.120 e. The molecule has 0 unspecified atom stereocenters. The number of carbonyl (C=O) groups excluding carboxylic acids is 1. The molecular weight excluding hydrogens is 184 g/mol. The molecule has 0 heterocycles. The topological polar surface area (TPSA) is 17.1 Å². The summed E-state index contributed by atoms with van der Waals surface area (Å²) in [5.41, 5.74) is 0. The third-order valence-corrected chi connectivity index (χ3v) is 1.33. The Morgan fingerprint density at radius 3 is 2.40 bits per heavy atom. The number of rotatable bonds is 4. The maximum absolute atomic E-state index is 9.97. The molecule has 0 radical (unpaired) electrons. The van der Waals surface area contributed by atoms with Gasteiger partial charge in [-0.15, -0.1) is 0 Å². The van der Waals surface area contributed by atoms with Gasteiger partial charge >= 0.3 is 0 Å². The lowest BCUT2D eigenvalue weighted by Crippen LogP contribution is -1.68. The van der Waals surface area contributed by atoms with Crippen LogP contribution in [0.5, 0.6) is 0 Å². The first-order valence-corrected chi connectivity index (χ1v) is 4.79. The van der Waals surface area contributed by atoms with Crippen molar-refractivity contribution in [1.29, 1.82) is 0 Å². The molecule has 0 spiro atoms. The van der Waals surface area contributed by atoms with Crippen molar-refractivity contribution < 1.29 is 4.79 Å². The largest absolute Gasteiger partial charge is 0.303 e. The first-order chi connectivity index (χ1) is 7.41. The molecule has 15 heavy (non-hydrogen) atoms. The Kier molecular flexibility index (Phi) is 10.4. The van der Waals surface area contributed by atoms with E-state index in [1.165, 1.54) is 0 Å². The Bertz CT molecular complexity index is 362. The quantitative estimate of drug-likeness (QED) is 0.294. The van der Waals surface area contributed by atoms with Crippen molar-refractivity contribution in [3.63, 3.8) is 0 Å². The lowest BCUT2D eigenvalue weighted by molar-refractivity contribution is -0.107. The van der Waals surface area contributed by atoms with Crippen LogP contribution in [-0.2, 0) is 4.79 Å². The van der Waals surface area contributed by atoms with Crippen LogP contribution in [0.25, 0.3) is 0 Å². The van der Waals surface area contributed by atoms with Crippen LogP contribution in [0.4, 0.5) is 0 Å². The minimum atomic E-state index is 0.574. The van der Waals surface area contributed by atoms with Gasteiger partial charge < -0.3 is 4.79 Å². The van der Waals surface area contributed by atoms with Gasteiger partial charge in [-0.1, -0.05) is 36.1 Å². The summed E-state index contributed by atoms with van der Waals surface area (Å²) in [4.78, 5) is 9.97. The predicted octanol–water partition coefficient (Wildman–Crippen LogP) is 2.66. The zero-order valence-electron chi connectivity index (χ0n) is 8.86. The highest BCUT2D eigenvalue weighted by Crippen LogP contribution is 1.86. The molecular formula is C14H14O. The van der Waals surface area contributed by atoms with Crippen molar-refractivity contribution in [1.82, 2.24) is 0 Å². The molecule has 0 fully saturated rings. The fourth-order valence-corrected chi connectivity index (χ4v) is 0.682. The number of allylic oxidation sites excluding steroid dienone is 6. The van der Waals surface area contributed by atoms with Crippen LogP contribution in [0, 0.1) is 23.7 Å². The monoisotopic (exact) mass is 198 g/mol. The summed E-state index contributed by atoms with van der Waals surface area (Å²) in [6, 6.07) is 0. The van der Waals surface area contributed by atoms with E-state index in [-0.39, 0.29) is 0 Å². The first-order valence-electron chi connectivity index (χ1n) is 4.79. The highest BCUT2D eigenvalue weighted by Gasteiger charge is 1.74. The number of aldehydes is 1. The molecule has 0 aliphatic heterocycles. The van der Waals surface area contributed by atoms with Gasteiger partial charge in [0.2, 0.25) is 0 Å². The van der Waals surface area contributed by atoms with Gasteiger partial charge in [0.1, 0.15) is 6.29 Å². The number of hydrogen-bond donors (Lipinski definition) is 0. The summed E-state index contributed by atoms with van der Waals surface area (Å²) in [6.45, 7) is 1.91. The molecule has 0 aromatic rings. The third kappa shape index (κ3) is 12.0. The lowest BCUT2D eigenvalue weighted by Gasteiger charge is -1.78. The summed E-state index contributed by atoms with van der Waals surface area (Å²) in [7, 11) is 0. The summed E-state index contributed by atoms with van der Waals surface area (Å²) in [5, 5.41) is 0. The van der Waals surface area contributed by atoms with Crippen LogP contribution >= 0.6 is 0 Å². The molecule has 0 aromatic heterocycles. The molecule has 0 aliphatic rings. The number of hydrogen-bond acceptors (Lipinski definition) is 1. The van der Waals surface area contributed by atoms with Gasteiger partial charge in [-0.2, -0.15) is 0 Å². The summed E-state index contributed by atoms with van der Waals surface area (Å²) >= 11 is 0. The Labute approximate surface area is 91.6 Å².